The predicted octanol–water partition coefficient (Wildman–Crippen LogP) is 6.81. The zero-order valence-corrected chi connectivity index (χ0v) is 21.9. The predicted molar refractivity (Wildman–Crippen MR) is 147 cm³/mol. The summed E-state index contributed by atoms with van der Waals surface area (Å²) < 4.78 is 5.80. The number of fused-ring (bicyclic) bond motifs is 1. The number of ether oxygens (including phenoxy) is 1. The van der Waals surface area contributed by atoms with Crippen molar-refractivity contribution in [2.24, 2.45) is 0 Å². The number of amides is 2. The highest BCUT2D eigenvalue weighted by Crippen LogP contribution is 2.38. The molecule has 0 fully saturated rings. The topological polar surface area (TPSA) is 67.4 Å². The van der Waals surface area contributed by atoms with Crippen molar-refractivity contribution in [3.05, 3.63) is 81.7 Å². The molecule has 0 unspecified atom stereocenters. The van der Waals surface area contributed by atoms with Gasteiger partial charge in [-0.15, -0.1) is 11.3 Å². The first-order valence-electron chi connectivity index (χ1n) is 13.2. The van der Waals surface area contributed by atoms with Gasteiger partial charge in [0.25, 0.3) is 11.8 Å². The second kappa shape index (κ2) is 13.3. The van der Waals surface area contributed by atoms with Gasteiger partial charge in [-0.2, -0.15) is 0 Å². The Hall–Kier alpha value is -3.12. The fourth-order valence-electron chi connectivity index (χ4n) is 4.54. The lowest BCUT2D eigenvalue weighted by atomic mass is 9.95. The summed E-state index contributed by atoms with van der Waals surface area (Å²) in [4.78, 5) is 27.5. The van der Waals surface area contributed by atoms with Crippen LogP contribution in [0.25, 0.3) is 0 Å². The molecule has 1 aliphatic rings. The van der Waals surface area contributed by atoms with Crippen LogP contribution in [-0.2, 0) is 19.3 Å². The maximum atomic E-state index is 13.2. The smallest absolute Gasteiger partial charge is 0.256 e. The minimum Gasteiger partial charge on any atom is -0.494 e. The van der Waals surface area contributed by atoms with E-state index in [0.717, 1.165) is 49.8 Å². The Morgan fingerprint density at radius 3 is 2.47 bits per heavy atom. The van der Waals surface area contributed by atoms with E-state index in [1.54, 1.807) is 23.5 Å². The molecule has 0 atom stereocenters. The molecular weight excluding hydrogens is 468 g/mol. The van der Waals surface area contributed by atoms with E-state index in [9.17, 15) is 9.59 Å². The zero-order chi connectivity index (χ0) is 25.2. The second-order valence-electron chi connectivity index (χ2n) is 9.29. The largest absolute Gasteiger partial charge is 0.494 e. The average Bonchev–Trinajstić information content (AvgIpc) is 3.27. The van der Waals surface area contributed by atoms with Gasteiger partial charge in [-0.05, 0) is 73.9 Å². The number of hydrogen-bond acceptors (Lipinski definition) is 4. The molecule has 0 aliphatic heterocycles. The molecule has 0 spiro atoms. The summed E-state index contributed by atoms with van der Waals surface area (Å²) in [6, 6.07) is 17.4. The van der Waals surface area contributed by atoms with Crippen molar-refractivity contribution < 1.29 is 14.3 Å². The van der Waals surface area contributed by atoms with E-state index in [4.69, 9.17) is 4.74 Å². The summed E-state index contributed by atoms with van der Waals surface area (Å²) in [7, 11) is 0. The molecule has 4 rings (SSSR count). The van der Waals surface area contributed by atoms with Gasteiger partial charge >= 0.3 is 0 Å². The molecule has 190 valence electrons. The molecule has 0 bridgehead atoms. The van der Waals surface area contributed by atoms with Gasteiger partial charge in [0.05, 0.1) is 12.2 Å². The number of rotatable bonds is 12. The summed E-state index contributed by atoms with van der Waals surface area (Å²) in [6.45, 7) is 3.44. The zero-order valence-electron chi connectivity index (χ0n) is 21.1. The quantitative estimate of drug-likeness (QED) is 0.266. The van der Waals surface area contributed by atoms with Crippen LogP contribution in [-0.4, -0.2) is 25.0 Å². The Balaban J connectivity index is 1.40. The third-order valence-electron chi connectivity index (χ3n) is 6.55. The summed E-state index contributed by atoms with van der Waals surface area (Å²) in [5.41, 5.74) is 3.48. The third-order valence-corrected chi connectivity index (χ3v) is 7.76. The molecular formula is C30H36N2O3S. The van der Waals surface area contributed by atoms with Crippen LogP contribution in [0.1, 0.15) is 82.2 Å². The fraction of sp³-hybridized carbons (Fsp3) is 0.400. The standard InChI is InChI=1S/C30H36N2O3S/c1-2-3-4-10-21-35-24-17-15-23(16-18-24)28(33)32-30-27(25-13-8-9-14-26(25)36-30)29(34)31-20-19-22-11-6-5-7-12-22/h5-7,11-12,15-18H,2-4,8-10,13-14,19-21H2,1H3,(H,31,34)(H,32,33). The van der Waals surface area contributed by atoms with Crippen LogP contribution < -0.4 is 15.4 Å². The summed E-state index contributed by atoms with van der Waals surface area (Å²) in [6.07, 6.45) is 9.44. The van der Waals surface area contributed by atoms with E-state index >= 15 is 0 Å². The SMILES string of the molecule is CCCCCCOc1ccc(C(=O)Nc2sc3c(c2C(=O)NCCc2ccccc2)CCCC3)cc1. The Morgan fingerprint density at radius 2 is 1.69 bits per heavy atom. The number of carbonyl (C=O) groups is 2. The van der Waals surface area contributed by atoms with E-state index in [2.05, 4.69) is 29.7 Å². The Kier molecular flexibility index (Phi) is 9.56. The molecule has 2 N–H and O–H groups in total. The average molecular weight is 505 g/mol. The lowest BCUT2D eigenvalue weighted by molar-refractivity contribution is 0.0954. The van der Waals surface area contributed by atoms with Crippen molar-refractivity contribution in [3.8, 4) is 5.75 Å². The van der Waals surface area contributed by atoms with Gasteiger partial charge in [0.1, 0.15) is 10.8 Å². The number of anilines is 1. The monoisotopic (exact) mass is 504 g/mol. The van der Waals surface area contributed by atoms with Crippen molar-refractivity contribution in [2.45, 2.75) is 64.7 Å². The van der Waals surface area contributed by atoms with Crippen LogP contribution in [0.5, 0.6) is 5.75 Å². The first-order chi connectivity index (χ1) is 17.7. The molecule has 2 aromatic carbocycles. The highest BCUT2D eigenvalue weighted by molar-refractivity contribution is 7.17. The summed E-state index contributed by atoms with van der Waals surface area (Å²) >= 11 is 1.55. The molecule has 0 saturated carbocycles. The number of aryl methyl sites for hydroxylation is 1. The first kappa shape index (κ1) is 26.0. The summed E-state index contributed by atoms with van der Waals surface area (Å²) in [5, 5.41) is 6.77. The maximum Gasteiger partial charge on any atom is 0.256 e. The van der Waals surface area contributed by atoms with Gasteiger partial charge in [0.15, 0.2) is 0 Å². The molecule has 2 amide bonds. The van der Waals surface area contributed by atoms with Crippen LogP contribution in [0.3, 0.4) is 0 Å². The van der Waals surface area contributed by atoms with Crippen LogP contribution in [0.4, 0.5) is 5.00 Å². The van der Waals surface area contributed by atoms with Gasteiger partial charge in [0, 0.05) is 17.0 Å². The second-order valence-corrected chi connectivity index (χ2v) is 10.4. The van der Waals surface area contributed by atoms with Crippen molar-refractivity contribution in [3.63, 3.8) is 0 Å². The number of benzene rings is 2. The van der Waals surface area contributed by atoms with E-state index in [-0.39, 0.29) is 11.8 Å². The van der Waals surface area contributed by atoms with Gasteiger partial charge in [-0.3, -0.25) is 9.59 Å². The summed E-state index contributed by atoms with van der Waals surface area (Å²) in [5.74, 6) is 0.460. The van der Waals surface area contributed by atoms with Crippen molar-refractivity contribution >= 4 is 28.2 Å². The molecule has 1 heterocycles. The molecule has 5 nitrogen and oxygen atoms in total. The normalized spacial score (nSPS) is 12.6. The maximum absolute atomic E-state index is 13.2. The fourth-order valence-corrected chi connectivity index (χ4v) is 5.83. The van der Waals surface area contributed by atoms with Crippen LogP contribution in [0, 0.1) is 0 Å². The Morgan fingerprint density at radius 1 is 0.917 bits per heavy atom. The van der Waals surface area contributed by atoms with E-state index < -0.39 is 0 Å². The number of hydrogen-bond donors (Lipinski definition) is 2. The minimum atomic E-state index is -0.207. The van der Waals surface area contributed by atoms with Crippen molar-refractivity contribution in [1.29, 1.82) is 0 Å². The van der Waals surface area contributed by atoms with Gasteiger partial charge in [0.2, 0.25) is 0 Å². The molecule has 0 radical (unpaired) electrons. The highest BCUT2D eigenvalue weighted by Gasteiger charge is 2.26. The molecule has 1 aliphatic carbocycles. The van der Waals surface area contributed by atoms with Gasteiger partial charge < -0.3 is 15.4 Å². The molecule has 1 aromatic heterocycles. The van der Waals surface area contributed by atoms with Crippen molar-refractivity contribution in [2.75, 3.05) is 18.5 Å². The number of carbonyl (C=O) groups excluding carboxylic acids is 2. The van der Waals surface area contributed by atoms with Crippen molar-refractivity contribution in [1.82, 2.24) is 5.32 Å². The van der Waals surface area contributed by atoms with Gasteiger partial charge in [-0.25, -0.2) is 0 Å². The molecule has 6 heteroatoms. The van der Waals surface area contributed by atoms with Crippen LogP contribution in [0.2, 0.25) is 0 Å². The van der Waals surface area contributed by atoms with E-state index in [1.165, 1.54) is 29.7 Å². The highest BCUT2D eigenvalue weighted by atomic mass is 32.1. The van der Waals surface area contributed by atoms with E-state index in [0.29, 0.717) is 29.3 Å². The van der Waals surface area contributed by atoms with E-state index in [1.807, 2.05) is 30.3 Å². The lowest BCUT2D eigenvalue weighted by Gasteiger charge is -2.13. The van der Waals surface area contributed by atoms with Gasteiger partial charge in [-0.1, -0.05) is 56.5 Å². The van der Waals surface area contributed by atoms with Crippen LogP contribution >= 0.6 is 11.3 Å². The third kappa shape index (κ3) is 6.97. The minimum absolute atomic E-state index is 0.104. The Bertz CT molecular complexity index is 1140. The number of unbranched alkanes of at least 4 members (excludes halogenated alkanes) is 3. The molecule has 36 heavy (non-hydrogen) atoms. The number of thiophene rings is 1. The molecule has 3 aromatic rings. The first-order valence-corrected chi connectivity index (χ1v) is 14.0. The molecule has 0 saturated heterocycles. The lowest BCUT2D eigenvalue weighted by Crippen LogP contribution is -2.27. The Labute approximate surface area is 218 Å². The van der Waals surface area contributed by atoms with Crippen LogP contribution in [0.15, 0.2) is 54.6 Å². The number of nitrogens with one attached hydrogen (secondary N) is 2.